The molecule has 0 saturated carbocycles. The molecule has 0 fully saturated rings. The van der Waals surface area contributed by atoms with Gasteiger partial charge in [-0.15, -0.1) is 11.3 Å². The van der Waals surface area contributed by atoms with Crippen LogP contribution in [0, 0.1) is 6.92 Å². The molecule has 88 valence electrons. The van der Waals surface area contributed by atoms with Gasteiger partial charge >= 0.3 is 0 Å². The van der Waals surface area contributed by atoms with Crippen LogP contribution < -0.4 is 0 Å². The van der Waals surface area contributed by atoms with Crippen LogP contribution in [0.2, 0.25) is 0 Å². The quantitative estimate of drug-likeness (QED) is 0.882. The highest BCUT2D eigenvalue weighted by atomic mass is 32.1. The Balaban J connectivity index is 2.06. The molecule has 0 aliphatic heterocycles. The normalized spacial score (nSPS) is 14.0. The zero-order valence-electron chi connectivity index (χ0n) is 9.86. The Hall–Kier alpha value is -1.19. The molecule has 17 heavy (non-hydrogen) atoms. The average molecular weight is 245 g/mol. The first-order valence-electron chi connectivity index (χ1n) is 5.97. The fourth-order valence-corrected chi connectivity index (χ4v) is 3.32. The highest BCUT2D eigenvalue weighted by molar-refractivity contribution is 7.12. The summed E-state index contributed by atoms with van der Waals surface area (Å²) in [5.74, 6) is 0. The van der Waals surface area contributed by atoms with Gasteiger partial charge in [-0.05, 0) is 43.4 Å². The van der Waals surface area contributed by atoms with Gasteiger partial charge in [-0.25, -0.2) is 4.98 Å². The van der Waals surface area contributed by atoms with Crippen LogP contribution in [-0.2, 0) is 19.4 Å². The molecule has 1 aliphatic carbocycles. The Kier molecular flexibility index (Phi) is 2.73. The van der Waals surface area contributed by atoms with Crippen molar-refractivity contribution in [3.8, 4) is 11.3 Å². The van der Waals surface area contributed by atoms with E-state index in [1.54, 1.807) is 11.3 Å². The van der Waals surface area contributed by atoms with Gasteiger partial charge in [0.2, 0.25) is 0 Å². The van der Waals surface area contributed by atoms with Crippen LogP contribution in [0.3, 0.4) is 0 Å². The van der Waals surface area contributed by atoms with Gasteiger partial charge in [-0.2, -0.15) is 0 Å². The third-order valence-corrected chi connectivity index (χ3v) is 4.30. The molecule has 0 atom stereocenters. The van der Waals surface area contributed by atoms with Gasteiger partial charge in [0, 0.05) is 10.4 Å². The van der Waals surface area contributed by atoms with Crippen LogP contribution >= 0.6 is 11.3 Å². The Bertz CT molecular complexity index is 559. The first-order valence-corrected chi connectivity index (χ1v) is 6.79. The minimum absolute atomic E-state index is 0.0381. The molecule has 3 heteroatoms. The predicted molar refractivity (Wildman–Crippen MR) is 70.2 cm³/mol. The van der Waals surface area contributed by atoms with E-state index in [4.69, 9.17) is 5.11 Å². The van der Waals surface area contributed by atoms with E-state index in [2.05, 4.69) is 30.1 Å². The maximum Gasteiger partial charge on any atom is 0.119 e. The predicted octanol–water partition coefficient (Wildman–Crippen LogP) is 3.10. The van der Waals surface area contributed by atoms with E-state index in [1.165, 1.54) is 40.8 Å². The molecule has 0 unspecified atom stereocenters. The number of hydrogen-bond acceptors (Lipinski definition) is 3. The highest BCUT2D eigenvalue weighted by Gasteiger charge is 2.14. The van der Waals surface area contributed by atoms with Gasteiger partial charge < -0.3 is 5.11 Å². The lowest BCUT2D eigenvalue weighted by atomic mass is 10.0. The van der Waals surface area contributed by atoms with Gasteiger partial charge in [-0.3, -0.25) is 0 Å². The summed E-state index contributed by atoms with van der Waals surface area (Å²) in [4.78, 5) is 5.68. The lowest BCUT2D eigenvalue weighted by Crippen LogP contribution is -1.87. The van der Waals surface area contributed by atoms with Crippen molar-refractivity contribution < 1.29 is 5.11 Å². The van der Waals surface area contributed by atoms with Crippen LogP contribution in [0.4, 0.5) is 0 Å². The van der Waals surface area contributed by atoms with Crippen molar-refractivity contribution in [3.63, 3.8) is 0 Å². The number of aliphatic hydroxyl groups excluding tert-OH is 1. The molecule has 1 aromatic carbocycles. The smallest absolute Gasteiger partial charge is 0.119 e. The second kappa shape index (κ2) is 4.24. The monoisotopic (exact) mass is 245 g/mol. The largest absolute Gasteiger partial charge is 0.389 e. The van der Waals surface area contributed by atoms with Crippen molar-refractivity contribution >= 4 is 11.3 Å². The van der Waals surface area contributed by atoms with E-state index in [0.29, 0.717) is 0 Å². The maximum atomic E-state index is 9.13. The minimum Gasteiger partial charge on any atom is -0.389 e. The molecule has 2 nitrogen and oxygen atoms in total. The summed E-state index contributed by atoms with van der Waals surface area (Å²) >= 11 is 1.58. The molecule has 1 aromatic heterocycles. The van der Waals surface area contributed by atoms with Crippen LogP contribution in [0.1, 0.15) is 27.4 Å². The van der Waals surface area contributed by atoms with Crippen molar-refractivity contribution in [2.24, 2.45) is 0 Å². The number of aromatic nitrogens is 1. The second-order valence-electron chi connectivity index (χ2n) is 4.51. The molecule has 2 aromatic rings. The molecule has 1 heterocycles. The van der Waals surface area contributed by atoms with Crippen LogP contribution in [0.5, 0.6) is 0 Å². The number of fused-ring (bicyclic) bond motifs is 1. The number of thiazole rings is 1. The first kappa shape index (κ1) is 10.9. The highest BCUT2D eigenvalue weighted by Crippen LogP contribution is 2.31. The number of rotatable bonds is 2. The second-order valence-corrected chi connectivity index (χ2v) is 5.80. The number of benzene rings is 1. The third kappa shape index (κ3) is 1.90. The maximum absolute atomic E-state index is 9.13. The molecule has 0 amide bonds. The van der Waals surface area contributed by atoms with Gasteiger partial charge in [0.1, 0.15) is 5.01 Å². The fourth-order valence-electron chi connectivity index (χ4n) is 2.51. The van der Waals surface area contributed by atoms with Gasteiger partial charge in [-0.1, -0.05) is 12.1 Å². The fraction of sp³-hybridized carbons (Fsp3) is 0.357. The zero-order valence-corrected chi connectivity index (χ0v) is 10.7. The molecule has 0 saturated heterocycles. The van der Waals surface area contributed by atoms with E-state index >= 15 is 0 Å². The van der Waals surface area contributed by atoms with E-state index in [1.807, 2.05) is 0 Å². The molecule has 0 spiro atoms. The summed E-state index contributed by atoms with van der Waals surface area (Å²) in [6, 6.07) is 6.66. The summed E-state index contributed by atoms with van der Waals surface area (Å²) < 4.78 is 0. The Morgan fingerprint density at radius 2 is 2.12 bits per heavy atom. The summed E-state index contributed by atoms with van der Waals surface area (Å²) in [5.41, 5.74) is 5.19. The van der Waals surface area contributed by atoms with Crippen molar-refractivity contribution in [2.75, 3.05) is 0 Å². The number of aliphatic hydroxyl groups is 1. The lowest BCUT2D eigenvalue weighted by Gasteiger charge is -2.03. The standard InChI is InChI=1S/C14H15NOS/c1-9-14(15-13(8-16)17-9)12-6-5-10-3-2-4-11(10)7-12/h5-7,16H,2-4,8H2,1H3. The molecular weight excluding hydrogens is 230 g/mol. The Morgan fingerprint density at radius 3 is 2.88 bits per heavy atom. The summed E-state index contributed by atoms with van der Waals surface area (Å²) in [7, 11) is 0. The Morgan fingerprint density at radius 1 is 1.29 bits per heavy atom. The van der Waals surface area contributed by atoms with E-state index in [0.717, 1.165) is 10.7 Å². The van der Waals surface area contributed by atoms with E-state index < -0.39 is 0 Å². The molecular formula is C14H15NOS. The van der Waals surface area contributed by atoms with E-state index in [9.17, 15) is 0 Å². The topological polar surface area (TPSA) is 33.1 Å². The van der Waals surface area contributed by atoms with Gasteiger partial charge in [0.25, 0.3) is 0 Å². The minimum atomic E-state index is 0.0381. The summed E-state index contributed by atoms with van der Waals surface area (Å²) in [6.07, 6.45) is 3.68. The van der Waals surface area contributed by atoms with Crippen molar-refractivity contribution in [1.82, 2.24) is 4.98 Å². The van der Waals surface area contributed by atoms with Crippen molar-refractivity contribution in [3.05, 3.63) is 39.2 Å². The molecule has 1 N–H and O–H groups in total. The molecule has 3 rings (SSSR count). The van der Waals surface area contributed by atoms with Crippen LogP contribution in [0.15, 0.2) is 18.2 Å². The van der Waals surface area contributed by atoms with E-state index in [-0.39, 0.29) is 6.61 Å². The zero-order chi connectivity index (χ0) is 11.8. The van der Waals surface area contributed by atoms with Gasteiger partial charge in [0.05, 0.1) is 12.3 Å². The van der Waals surface area contributed by atoms with Gasteiger partial charge in [0.15, 0.2) is 0 Å². The summed E-state index contributed by atoms with van der Waals surface area (Å²) in [5, 5.41) is 9.93. The number of hydrogen-bond donors (Lipinski definition) is 1. The molecule has 1 aliphatic rings. The average Bonchev–Trinajstić information content (AvgIpc) is 2.93. The first-order chi connectivity index (χ1) is 8.28. The van der Waals surface area contributed by atoms with Crippen LogP contribution in [0.25, 0.3) is 11.3 Å². The Labute approximate surface area is 105 Å². The molecule has 0 bridgehead atoms. The summed E-state index contributed by atoms with van der Waals surface area (Å²) in [6.45, 7) is 2.11. The SMILES string of the molecule is Cc1sc(CO)nc1-c1ccc2c(c1)CCC2. The number of aryl methyl sites for hydroxylation is 3. The third-order valence-electron chi connectivity index (χ3n) is 3.35. The van der Waals surface area contributed by atoms with Crippen molar-refractivity contribution in [1.29, 1.82) is 0 Å². The van der Waals surface area contributed by atoms with Crippen LogP contribution in [-0.4, -0.2) is 10.1 Å². The molecule has 0 radical (unpaired) electrons. The number of nitrogens with zero attached hydrogens (tertiary/aromatic N) is 1. The van der Waals surface area contributed by atoms with Crippen molar-refractivity contribution in [2.45, 2.75) is 32.8 Å². The lowest BCUT2D eigenvalue weighted by molar-refractivity contribution is 0.281.